The molecule has 0 aromatic heterocycles. The van der Waals surface area contributed by atoms with Crippen LogP contribution in [-0.4, -0.2) is 0 Å². The van der Waals surface area contributed by atoms with Gasteiger partial charge in [-0.15, -0.1) is 0 Å². The van der Waals surface area contributed by atoms with Crippen LogP contribution in [0.1, 0.15) is 31.4 Å². The number of anilines is 1. The highest BCUT2D eigenvalue weighted by molar-refractivity contribution is 5.48. The first kappa shape index (κ1) is 10.1. The fourth-order valence-electron chi connectivity index (χ4n) is 1.39. The lowest BCUT2D eigenvalue weighted by atomic mass is 10.0. The van der Waals surface area contributed by atoms with E-state index >= 15 is 0 Å². The van der Waals surface area contributed by atoms with Gasteiger partial charge in [-0.05, 0) is 42.9 Å². The van der Waals surface area contributed by atoms with E-state index in [1.54, 1.807) is 0 Å². The number of benzene rings is 1. The predicted octanol–water partition coefficient (Wildman–Crippen LogP) is 3.17. The van der Waals surface area contributed by atoms with Crippen molar-refractivity contribution >= 4 is 5.69 Å². The molecular weight excluding hydrogens is 158 g/mol. The van der Waals surface area contributed by atoms with Crippen molar-refractivity contribution in [1.29, 1.82) is 0 Å². The summed E-state index contributed by atoms with van der Waals surface area (Å²) in [5.74, 6) is 0.751. The van der Waals surface area contributed by atoms with E-state index < -0.39 is 0 Å². The maximum absolute atomic E-state index is 5.91. The van der Waals surface area contributed by atoms with Crippen LogP contribution in [0.5, 0.6) is 0 Å². The summed E-state index contributed by atoms with van der Waals surface area (Å²) in [7, 11) is 0. The Morgan fingerprint density at radius 3 is 2.54 bits per heavy atom. The Morgan fingerprint density at radius 1 is 1.31 bits per heavy atom. The van der Waals surface area contributed by atoms with Crippen molar-refractivity contribution in [3.8, 4) is 0 Å². The highest BCUT2D eigenvalue weighted by Gasteiger charge is 2.00. The standard InChI is InChI=1S/C12H19N/c1-9(2)4-6-11-7-5-10(3)8-12(11)13/h5,7-9H,4,6,13H2,1-3H3. The lowest BCUT2D eigenvalue weighted by Gasteiger charge is -2.08. The molecule has 1 nitrogen and oxygen atoms in total. The molecule has 0 aliphatic rings. The largest absolute Gasteiger partial charge is 0.398 e. The van der Waals surface area contributed by atoms with Crippen molar-refractivity contribution in [1.82, 2.24) is 0 Å². The van der Waals surface area contributed by atoms with Crippen LogP contribution in [0.25, 0.3) is 0 Å². The zero-order valence-electron chi connectivity index (χ0n) is 8.80. The molecule has 72 valence electrons. The van der Waals surface area contributed by atoms with Gasteiger partial charge in [-0.1, -0.05) is 26.0 Å². The minimum atomic E-state index is 0.751. The third-order valence-corrected chi connectivity index (χ3v) is 2.29. The van der Waals surface area contributed by atoms with Crippen LogP contribution in [-0.2, 0) is 6.42 Å². The molecule has 2 N–H and O–H groups in total. The smallest absolute Gasteiger partial charge is 0.0349 e. The Morgan fingerprint density at radius 2 is 2.00 bits per heavy atom. The SMILES string of the molecule is Cc1ccc(CCC(C)C)c(N)c1. The molecule has 0 heterocycles. The molecule has 1 heteroatoms. The number of hydrogen-bond donors (Lipinski definition) is 1. The molecule has 0 bridgehead atoms. The van der Waals surface area contributed by atoms with Crippen LogP contribution in [0, 0.1) is 12.8 Å². The van der Waals surface area contributed by atoms with Crippen molar-refractivity contribution in [2.45, 2.75) is 33.6 Å². The van der Waals surface area contributed by atoms with Gasteiger partial charge in [0.25, 0.3) is 0 Å². The third-order valence-electron chi connectivity index (χ3n) is 2.29. The second kappa shape index (κ2) is 4.31. The van der Waals surface area contributed by atoms with E-state index in [2.05, 4.69) is 39.0 Å². The predicted molar refractivity (Wildman–Crippen MR) is 58.8 cm³/mol. The van der Waals surface area contributed by atoms with Crippen LogP contribution in [0.4, 0.5) is 5.69 Å². The maximum atomic E-state index is 5.91. The quantitative estimate of drug-likeness (QED) is 0.705. The summed E-state index contributed by atoms with van der Waals surface area (Å²) in [5.41, 5.74) is 9.39. The molecule has 0 aliphatic carbocycles. The summed E-state index contributed by atoms with van der Waals surface area (Å²) in [6.45, 7) is 6.55. The van der Waals surface area contributed by atoms with Crippen LogP contribution in [0.3, 0.4) is 0 Å². The zero-order chi connectivity index (χ0) is 9.84. The van der Waals surface area contributed by atoms with Crippen LogP contribution >= 0.6 is 0 Å². The lowest BCUT2D eigenvalue weighted by Crippen LogP contribution is -1.97. The average molecular weight is 177 g/mol. The number of nitrogen functional groups attached to an aromatic ring is 1. The topological polar surface area (TPSA) is 26.0 Å². The van der Waals surface area contributed by atoms with E-state index in [1.807, 2.05) is 0 Å². The first-order valence-corrected chi connectivity index (χ1v) is 4.94. The van der Waals surface area contributed by atoms with Gasteiger partial charge in [-0.25, -0.2) is 0 Å². The van der Waals surface area contributed by atoms with Crippen molar-refractivity contribution in [3.63, 3.8) is 0 Å². The summed E-state index contributed by atoms with van der Waals surface area (Å²) in [6.07, 6.45) is 2.32. The Bertz CT molecular complexity index is 276. The monoisotopic (exact) mass is 177 g/mol. The summed E-state index contributed by atoms with van der Waals surface area (Å²) in [5, 5.41) is 0. The van der Waals surface area contributed by atoms with Gasteiger partial charge in [0.2, 0.25) is 0 Å². The van der Waals surface area contributed by atoms with Crippen molar-refractivity contribution in [2.24, 2.45) is 5.92 Å². The number of aryl methyl sites for hydroxylation is 2. The van der Waals surface area contributed by atoms with Gasteiger partial charge in [0.1, 0.15) is 0 Å². The molecule has 0 radical (unpaired) electrons. The zero-order valence-corrected chi connectivity index (χ0v) is 8.80. The van der Waals surface area contributed by atoms with E-state index in [0.29, 0.717) is 0 Å². The number of nitrogens with two attached hydrogens (primary N) is 1. The Kier molecular flexibility index (Phi) is 3.35. The first-order chi connectivity index (χ1) is 6.09. The van der Waals surface area contributed by atoms with E-state index in [-0.39, 0.29) is 0 Å². The normalized spacial score (nSPS) is 10.8. The molecule has 1 aromatic carbocycles. The molecule has 0 saturated heterocycles. The Balaban J connectivity index is 2.67. The van der Waals surface area contributed by atoms with E-state index in [0.717, 1.165) is 18.0 Å². The van der Waals surface area contributed by atoms with Gasteiger partial charge < -0.3 is 5.73 Å². The van der Waals surface area contributed by atoms with Crippen molar-refractivity contribution < 1.29 is 0 Å². The van der Waals surface area contributed by atoms with Crippen molar-refractivity contribution in [3.05, 3.63) is 29.3 Å². The molecule has 1 rings (SSSR count). The van der Waals surface area contributed by atoms with Gasteiger partial charge in [0.15, 0.2) is 0 Å². The summed E-state index contributed by atoms with van der Waals surface area (Å²) in [4.78, 5) is 0. The average Bonchev–Trinajstić information content (AvgIpc) is 2.02. The number of rotatable bonds is 3. The fraction of sp³-hybridized carbons (Fsp3) is 0.500. The molecule has 0 aliphatic heterocycles. The molecule has 0 fully saturated rings. The summed E-state index contributed by atoms with van der Waals surface area (Å²) in [6, 6.07) is 6.33. The minimum Gasteiger partial charge on any atom is -0.398 e. The molecule has 0 unspecified atom stereocenters. The van der Waals surface area contributed by atoms with Gasteiger partial charge in [0.05, 0.1) is 0 Å². The second-order valence-corrected chi connectivity index (χ2v) is 4.13. The van der Waals surface area contributed by atoms with Crippen LogP contribution < -0.4 is 5.73 Å². The Labute approximate surface area is 81.0 Å². The van der Waals surface area contributed by atoms with Crippen LogP contribution in [0.2, 0.25) is 0 Å². The molecule has 1 aromatic rings. The highest BCUT2D eigenvalue weighted by Crippen LogP contribution is 2.17. The van der Waals surface area contributed by atoms with Gasteiger partial charge in [-0.2, -0.15) is 0 Å². The van der Waals surface area contributed by atoms with E-state index in [1.165, 1.54) is 17.5 Å². The van der Waals surface area contributed by atoms with E-state index in [9.17, 15) is 0 Å². The summed E-state index contributed by atoms with van der Waals surface area (Å²) < 4.78 is 0. The summed E-state index contributed by atoms with van der Waals surface area (Å²) >= 11 is 0. The number of hydrogen-bond acceptors (Lipinski definition) is 1. The van der Waals surface area contributed by atoms with Gasteiger partial charge in [0, 0.05) is 5.69 Å². The molecule has 0 saturated carbocycles. The first-order valence-electron chi connectivity index (χ1n) is 4.94. The fourth-order valence-corrected chi connectivity index (χ4v) is 1.39. The Hall–Kier alpha value is -0.980. The van der Waals surface area contributed by atoms with Crippen LogP contribution in [0.15, 0.2) is 18.2 Å². The van der Waals surface area contributed by atoms with Crippen molar-refractivity contribution in [2.75, 3.05) is 5.73 Å². The van der Waals surface area contributed by atoms with Gasteiger partial charge >= 0.3 is 0 Å². The second-order valence-electron chi connectivity index (χ2n) is 4.13. The molecule has 13 heavy (non-hydrogen) atoms. The molecule has 0 amide bonds. The van der Waals surface area contributed by atoms with E-state index in [4.69, 9.17) is 5.73 Å². The molecular formula is C12H19N. The minimum absolute atomic E-state index is 0.751. The molecule has 0 spiro atoms. The lowest BCUT2D eigenvalue weighted by molar-refractivity contribution is 0.587. The van der Waals surface area contributed by atoms with Gasteiger partial charge in [-0.3, -0.25) is 0 Å². The maximum Gasteiger partial charge on any atom is 0.0349 e. The highest BCUT2D eigenvalue weighted by atomic mass is 14.6. The molecule has 0 atom stereocenters. The third kappa shape index (κ3) is 3.10.